The van der Waals surface area contributed by atoms with Crippen LogP contribution in [0, 0.1) is 10.1 Å². The van der Waals surface area contributed by atoms with Crippen molar-refractivity contribution in [3.63, 3.8) is 0 Å². The van der Waals surface area contributed by atoms with Crippen LogP contribution in [0.25, 0.3) is 6.08 Å². The van der Waals surface area contributed by atoms with Gasteiger partial charge in [0.1, 0.15) is 0 Å². The lowest BCUT2D eigenvalue weighted by Crippen LogP contribution is -1.80. The number of hydrogen-bond acceptors (Lipinski definition) is 4. The van der Waals surface area contributed by atoms with Gasteiger partial charge in [-0.25, -0.2) is 0 Å². The quantitative estimate of drug-likeness (QED) is 0.575. The maximum absolute atomic E-state index is 10.2. The number of nitro groups is 1. The predicted molar refractivity (Wildman–Crippen MR) is 47.1 cm³/mol. The SMILES string of the molecule is O=[N+]([O-])c1ccc(/C=C/CO)s1. The average Bonchev–Trinajstić information content (AvgIpc) is 2.48. The highest BCUT2D eigenvalue weighted by Gasteiger charge is 2.06. The third-order valence-corrected chi connectivity index (χ3v) is 2.18. The number of hydrogen-bond donors (Lipinski definition) is 1. The van der Waals surface area contributed by atoms with Crippen LogP contribution in [0.1, 0.15) is 4.88 Å². The first kappa shape index (κ1) is 8.89. The Morgan fingerprint density at radius 2 is 2.42 bits per heavy atom. The Morgan fingerprint density at radius 1 is 1.67 bits per heavy atom. The Balaban J connectivity index is 2.77. The molecule has 0 saturated heterocycles. The van der Waals surface area contributed by atoms with Crippen molar-refractivity contribution in [3.05, 3.63) is 33.2 Å². The van der Waals surface area contributed by atoms with Gasteiger partial charge in [0.25, 0.3) is 0 Å². The fourth-order valence-electron chi connectivity index (χ4n) is 0.699. The number of thiophene rings is 1. The first-order valence-corrected chi connectivity index (χ1v) is 4.07. The smallest absolute Gasteiger partial charge is 0.324 e. The van der Waals surface area contributed by atoms with Gasteiger partial charge in [0, 0.05) is 10.9 Å². The molecule has 0 saturated carbocycles. The van der Waals surface area contributed by atoms with E-state index in [9.17, 15) is 10.1 Å². The molecule has 1 N–H and O–H groups in total. The minimum atomic E-state index is -0.430. The van der Waals surface area contributed by atoms with Gasteiger partial charge in [0.15, 0.2) is 0 Å². The molecular formula is C7H7NO3S. The van der Waals surface area contributed by atoms with Gasteiger partial charge in [0.05, 0.1) is 11.5 Å². The second-order valence-corrected chi connectivity index (χ2v) is 3.11. The van der Waals surface area contributed by atoms with Crippen LogP contribution in [0.3, 0.4) is 0 Å². The molecule has 0 amide bonds. The molecule has 0 radical (unpaired) electrons. The van der Waals surface area contributed by atoms with Crippen molar-refractivity contribution >= 4 is 22.4 Å². The molecule has 0 atom stereocenters. The normalized spacial score (nSPS) is 10.8. The van der Waals surface area contributed by atoms with Crippen LogP contribution in [0.15, 0.2) is 18.2 Å². The fourth-order valence-corrected chi connectivity index (χ4v) is 1.45. The lowest BCUT2D eigenvalue weighted by molar-refractivity contribution is -0.380. The molecule has 0 fully saturated rings. The first-order chi connectivity index (χ1) is 5.74. The van der Waals surface area contributed by atoms with Crippen LogP contribution in [0.4, 0.5) is 5.00 Å². The van der Waals surface area contributed by atoms with E-state index in [0.717, 1.165) is 16.2 Å². The van der Waals surface area contributed by atoms with Crippen LogP contribution in [-0.2, 0) is 0 Å². The van der Waals surface area contributed by atoms with Crippen molar-refractivity contribution < 1.29 is 10.0 Å². The average molecular weight is 185 g/mol. The van der Waals surface area contributed by atoms with Crippen LogP contribution in [0.5, 0.6) is 0 Å². The molecule has 1 heterocycles. The van der Waals surface area contributed by atoms with Crippen molar-refractivity contribution in [3.8, 4) is 0 Å². The molecule has 0 spiro atoms. The maximum Gasteiger partial charge on any atom is 0.324 e. The Morgan fingerprint density at radius 3 is 2.92 bits per heavy atom. The van der Waals surface area contributed by atoms with Crippen LogP contribution >= 0.6 is 11.3 Å². The molecule has 64 valence electrons. The highest BCUT2D eigenvalue weighted by Crippen LogP contribution is 2.24. The maximum atomic E-state index is 10.2. The Labute approximate surface area is 72.9 Å². The van der Waals surface area contributed by atoms with Gasteiger partial charge >= 0.3 is 5.00 Å². The molecule has 1 rings (SSSR count). The molecule has 1 aromatic rings. The van der Waals surface area contributed by atoms with Gasteiger partial charge in [-0.2, -0.15) is 0 Å². The van der Waals surface area contributed by atoms with Gasteiger partial charge in [0.2, 0.25) is 0 Å². The first-order valence-electron chi connectivity index (χ1n) is 3.25. The summed E-state index contributed by atoms with van der Waals surface area (Å²) in [7, 11) is 0. The summed E-state index contributed by atoms with van der Waals surface area (Å²) >= 11 is 1.08. The summed E-state index contributed by atoms with van der Waals surface area (Å²) in [6, 6.07) is 3.09. The molecule has 4 nitrogen and oxygen atoms in total. The minimum Gasteiger partial charge on any atom is -0.392 e. The van der Waals surface area contributed by atoms with Gasteiger partial charge in [-0.05, 0) is 12.1 Å². The van der Waals surface area contributed by atoms with Crippen LogP contribution < -0.4 is 0 Å². The molecule has 0 unspecified atom stereocenters. The molecule has 0 aromatic carbocycles. The van der Waals surface area contributed by atoms with Crippen molar-refractivity contribution in [2.24, 2.45) is 0 Å². The van der Waals surface area contributed by atoms with Crippen molar-refractivity contribution in [2.45, 2.75) is 0 Å². The zero-order valence-electron chi connectivity index (χ0n) is 6.14. The number of aliphatic hydroxyl groups excluding tert-OH is 1. The standard InChI is InChI=1S/C7H7NO3S/c9-5-1-2-6-3-4-7(12-6)8(10)11/h1-4,9H,5H2/b2-1+. The third kappa shape index (κ3) is 2.14. The van der Waals surface area contributed by atoms with E-state index >= 15 is 0 Å². The van der Waals surface area contributed by atoms with Gasteiger partial charge in [-0.3, -0.25) is 10.1 Å². The largest absolute Gasteiger partial charge is 0.392 e. The summed E-state index contributed by atoms with van der Waals surface area (Å²) in [5.41, 5.74) is 0. The highest BCUT2D eigenvalue weighted by atomic mass is 32.1. The summed E-state index contributed by atoms with van der Waals surface area (Å²) in [6.07, 6.45) is 3.19. The van der Waals surface area contributed by atoms with E-state index in [1.54, 1.807) is 12.1 Å². The molecule has 1 aromatic heterocycles. The number of nitrogens with zero attached hydrogens (tertiary/aromatic N) is 1. The zero-order chi connectivity index (χ0) is 8.97. The number of rotatable bonds is 3. The summed E-state index contributed by atoms with van der Waals surface area (Å²) < 4.78 is 0. The zero-order valence-corrected chi connectivity index (χ0v) is 6.95. The lowest BCUT2D eigenvalue weighted by Gasteiger charge is -1.81. The lowest BCUT2D eigenvalue weighted by atomic mass is 10.4. The van der Waals surface area contributed by atoms with Crippen LogP contribution in [-0.4, -0.2) is 16.6 Å². The summed E-state index contributed by atoms with van der Waals surface area (Å²) in [5.74, 6) is 0. The van der Waals surface area contributed by atoms with E-state index in [1.807, 2.05) is 0 Å². The molecule has 5 heteroatoms. The third-order valence-electron chi connectivity index (χ3n) is 1.18. The summed E-state index contributed by atoms with van der Waals surface area (Å²) in [6.45, 7) is -0.0499. The predicted octanol–water partition coefficient (Wildman–Crippen LogP) is 1.66. The van der Waals surface area contributed by atoms with E-state index in [2.05, 4.69) is 0 Å². The summed E-state index contributed by atoms with van der Waals surface area (Å²) in [5, 5.41) is 18.8. The fraction of sp³-hybridized carbons (Fsp3) is 0.143. The minimum absolute atomic E-state index is 0.0499. The molecule has 0 aliphatic heterocycles. The van der Waals surface area contributed by atoms with Crippen molar-refractivity contribution in [2.75, 3.05) is 6.61 Å². The van der Waals surface area contributed by atoms with Gasteiger partial charge < -0.3 is 5.11 Å². The second kappa shape index (κ2) is 3.99. The monoisotopic (exact) mass is 185 g/mol. The Hall–Kier alpha value is -1.20. The second-order valence-electron chi connectivity index (χ2n) is 2.02. The highest BCUT2D eigenvalue weighted by molar-refractivity contribution is 7.16. The topological polar surface area (TPSA) is 63.4 Å². The molecule has 0 aliphatic carbocycles. The van der Waals surface area contributed by atoms with Gasteiger partial charge in [-0.1, -0.05) is 17.4 Å². The molecule has 12 heavy (non-hydrogen) atoms. The van der Waals surface area contributed by atoms with Crippen molar-refractivity contribution in [1.29, 1.82) is 0 Å². The number of aliphatic hydroxyl groups is 1. The molecule has 0 bridgehead atoms. The Bertz CT molecular complexity index is 305. The summed E-state index contributed by atoms with van der Waals surface area (Å²) in [4.78, 5) is 10.6. The molecular weight excluding hydrogens is 178 g/mol. The molecule has 0 aliphatic rings. The van der Waals surface area contributed by atoms with E-state index in [1.165, 1.54) is 12.1 Å². The van der Waals surface area contributed by atoms with E-state index in [0.29, 0.717) is 0 Å². The van der Waals surface area contributed by atoms with Crippen molar-refractivity contribution in [1.82, 2.24) is 0 Å². The van der Waals surface area contributed by atoms with E-state index in [4.69, 9.17) is 5.11 Å². The van der Waals surface area contributed by atoms with Crippen LogP contribution in [0.2, 0.25) is 0 Å². The Kier molecular flexibility index (Phi) is 2.95. The van der Waals surface area contributed by atoms with Gasteiger partial charge in [-0.15, -0.1) is 0 Å². The van der Waals surface area contributed by atoms with E-state index in [-0.39, 0.29) is 11.6 Å². The van der Waals surface area contributed by atoms with E-state index < -0.39 is 4.92 Å².